The molecule has 0 aromatic heterocycles. The summed E-state index contributed by atoms with van der Waals surface area (Å²) in [6, 6.07) is 0. The van der Waals surface area contributed by atoms with Crippen LogP contribution in [0.15, 0.2) is 0 Å². The second kappa shape index (κ2) is 13.0. The molecule has 0 aromatic rings. The summed E-state index contributed by atoms with van der Waals surface area (Å²) in [6.45, 7) is 5.43. The number of nitrogens with one attached hydrogen (secondary N) is 1. The van der Waals surface area contributed by atoms with Gasteiger partial charge in [-0.25, -0.2) is 0 Å². The maximum atomic E-state index is 5.13. The van der Waals surface area contributed by atoms with Crippen LogP contribution < -0.4 is 5.32 Å². The maximum Gasteiger partial charge on any atom is 2.00 e. The van der Waals surface area contributed by atoms with Crippen LogP contribution in [0.1, 0.15) is 42.4 Å². The van der Waals surface area contributed by atoms with Crippen LogP contribution in [0.2, 0.25) is 0 Å². The Bertz CT molecular complexity index is 117. The second-order valence-corrected chi connectivity index (χ2v) is 4.54. The molecule has 4 heteroatoms. The van der Waals surface area contributed by atoms with E-state index in [1.54, 1.807) is 11.8 Å². The van der Waals surface area contributed by atoms with Crippen LogP contribution >= 0.6 is 24.0 Å². The van der Waals surface area contributed by atoms with Crippen molar-refractivity contribution in [1.29, 1.82) is 0 Å². The van der Waals surface area contributed by atoms with E-state index in [1.165, 1.54) is 25.7 Å². The van der Waals surface area contributed by atoms with Gasteiger partial charge in [0.15, 0.2) is 0 Å². The molecule has 0 atom stereocenters. The number of thiocarbonyl (C=S) groups is 1. The molecule has 0 saturated heterocycles. The van der Waals surface area contributed by atoms with Gasteiger partial charge in [-0.05, 0) is 12.8 Å². The molecule has 1 N–H and O–H groups in total. The minimum atomic E-state index is 0. The molecule has 0 aliphatic heterocycles. The molecular formula is C9H21MgNS2. The Balaban J connectivity index is -0.000000202. The van der Waals surface area contributed by atoms with E-state index in [0.717, 1.165) is 16.6 Å². The number of hydrogen-bond donors (Lipinski definition) is 1. The fourth-order valence-electron chi connectivity index (χ4n) is 0.727. The van der Waals surface area contributed by atoms with Crippen molar-refractivity contribution in [3.8, 4) is 0 Å². The molecule has 0 heterocycles. The zero-order chi connectivity index (χ0) is 9.23. The average Bonchev–Trinajstić information content (AvgIpc) is 2.06. The molecule has 0 aliphatic rings. The van der Waals surface area contributed by atoms with Crippen molar-refractivity contribution >= 4 is 51.4 Å². The summed E-state index contributed by atoms with van der Waals surface area (Å²) in [4.78, 5) is 0. The first-order valence-electron chi connectivity index (χ1n) is 4.71. The predicted molar refractivity (Wildman–Crippen MR) is 70.9 cm³/mol. The Morgan fingerprint density at radius 1 is 1.31 bits per heavy atom. The van der Waals surface area contributed by atoms with Gasteiger partial charge in [0.25, 0.3) is 0 Å². The zero-order valence-electron chi connectivity index (χ0n) is 10.8. The predicted octanol–water partition coefficient (Wildman–Crippen LogP) is 3.04. The molecule has 1 nitrogen and oxygen atoms in total. The molecule has 0 fully saturated rings. The van der Waals surface area contributed by atoms with Crippen LogP contribution in [0.25, 0.3) is 0 Å². The van der Waals surface area contributed by atoms with Crippen molar-refractivity contribution in [2.45, 2.75) is 39.5 Å². The normalized spacial score (nSPS) is 9.08. The molecule has 0 unspecified atom stereocenters. The van der Waals surface area contributed by atoms with E-state index in [9.17, 15) is 0 Å². The van der Waals surface area contributed by atoms with Crippen molar-refractivity contribution in [2.24, 2.45) is 0 Å². The summed E-state index contributed by atoms with van der Waals surface area (Å²) in [5, 5.41) is 3.24. The van der Waals surface area contributed by atoms with Gasteiger partial charge in [-0.15, -0.1) is 0 Å². The van der Waals surface area contributed by atoms with Gasteiger partial charge in [0, 0.05) is 12.3 Å². The van der Waals surface area contributed by atoms with Crippen LogP contribution in [-0.2, 0) is 0 Å². The first-order valence-corrected chi connectivity index (χ1v) is 6.11. The van der Waals surface area contributed by atoms with Crippen molar-refractivity contribution in [2.75, 3.05) is 12.3 Å². The summed E-state index contributed by atoms with van der Waals surface area (Å²) in [6.07, 6.45) is 4.97. The smallest absolute Gasteiger partial charge is 1.00 e. The Kier molecular flexibility index (Phi) is 16.4. The topological polar surface area (TPSA) is 12.0 Å². The van der Waals surface area contributed by atoms with Crippen molar-refractivity contribution < 1.29 is 2.85 Å². The molecule has 0 spiro atoms. The summed E-state index contributed by atoms with van der Waals surface area (Å²) >= 11 is 6.90. The van der Waals surface area contributed by atoms with Crippen LogP contribution in [0.4, 0.5) is 0 Å². The van der Waals surface area contributed by atoms with Crippen molar-refractivity contribution in [1.82, 2.24) is 5.32 Å². The quantitative estimate of drug-likeness (QED) is 0.429. The minimum absolute atomic E-state index is 0. The molecule has 0 rings (SSSR count). The van der Waals surface area contributed by atoms with E-state index in [1.807, 2.05) is 0 Å². The van der Waals surface area contributed by atoms with Gasteiger partial charge in [-0.1, -0.05) is 50.7 Å². The molecule has 0 aliphatic carbocycles. The summed E-state index contributed by atoms with van der Waals surface area (Å²) in [5.74, 6) is 1.16. The molecule has 0 aromatic carbocycles. The van der Waals surface area contributed by atoms with E-state index >= 15 is 0 Å². The van der Waals surface area contributed by atoms with E-state index in [-0.39, 0.29) is 25.9 Å². The third-order valence-corrected chi connectivity index (χ3v) is 2.93. The first kappa shape index (κ1) is 16.4. The van der Waals surface area contributed by atoms with E-state index in [2.05, 4.69) is 19.2 Å². The minimum Gasteiger partial charge on any atom is -1.00 e. The monoisotopic (exact) mass is 231 g/mol. The number of hydrogen-bond acceptors (Lipinski definition) is 2. The zero-order valence-corrected chi connectivity index (χ0v) is 11.8. The van der Waals surface area contributed by atoms with Gasteiger partial charge >= 0.3 is 23.1 Å². The molecular weight excluding hydrogens is 211 g/mol. The third kappa shape index (κ3) is 13.0. The van der Waals surface area contributed by atoms with Crippen molar-refractivity contribution in [3.05, 3.63) is 0 Å². The molecule has 0 bridgehead atoms. The van der Waals surface area contributed by atoms with Gasteiger partial charge < -0.3 is 8.17 Å². The van der Waals surface area contributed by atoms with E-state index in [4.69, 9.17) is 12.2 Å². The van der Waals surface area contributed by atoms with Crippen LogP contribution in [0.5, 0.6) is 0 Å². The van der Waals surface area contributed by atoms with Gasteiger partial charge in [0.05, 0.1) is 0 Å². The molecule has 76 valence electrons. The summed E-state index contributed by atoms with van der Waals surface area (Å²) < 4.78 is 0.969. The first-order chi connectivity index (χ1) is 5.81. The van der Waals surface area contributed by atoms with E-state index in [0.29, 0.717) is 0 Å². The van der Waals surface area contributed by atoms with Gasteiger partial charge in [-0.3, -0.25) is 0 Å². The number of thioether (sulfide) groups is 1. The fraction of sp³-hybridized carbons (Fsp3) is 0.889. The molecule has 0 amide bonds. The number of rotatable bonds is 6. The van der Waals surface area contributed by atoms with E-state index < -0.39 is 0 Å². The largest absolute Gasteiger partial charge is 2.00 e. The fourth-order valence-corrected chi connectivity index (χ4v) is 1.90. The van der Waals surface area contributed by atoms with Crippen LogP contribution in [0.3, 0.4) is 0 Å². The van der Waals surface area contributed by atoms with Crippen LogP contribution in [0, 0.1) is 0 Å². The molecule has 0 saturated carbocycles. The van der Waals surface area contributed by atoms with Crippen LogP contribution in [-0.4, -0.2) is 39.7 Å². The maximum absolute atomic E-state index is 5.13. The third-order valence-electron chi connectivity index (χ3n) is 1.53. The SMILES string of the molecule is CCCCNC(=S)SCCCC.[H-].[H-].[Mg+2]. The second-order valence-electron chi connectivity index (χ2n) is 2.77. The van der Waals surface area contributed by atoms with Crippen molar-refractivity contribution in [3.63, 3.8) is 0 Å². The Morgan fingerprint density at radius 2 is 1.92 bits per heavy atom. The Labute approximate surface area is 111 Å². The van der Waals surface area contributed by atoms with Gasteiger partial charge in [0.1, 0.15) is 4.32 Å². The Morgan fingerprint density at radius 3 is 2.46 bits per heavy atom. The molecule has 13 heavy (non-hydrogen) atoms. The average molecular weight is 232 g/mol. The molecule has 0 radical (unpaired) electrons. The van der Waals surface area contributed by atoms with Gasteiger partial charge in [-0.2, -0.15) is 0 Å². The van der Waals surface area contributed by atoms with Gasteiger partial charge in [0.2, 0.25) is 0 Å². The summed E-state index contributed by atoms with van der Waals surface area (Å²) in [5.41, 5.74) is 0. The number of unbranched alkanes of at least 4 members (excludes halogenated alkanes) is 2. The Hall–Kier alpha value is 1.01. The standard InChI is InChI=1S/C9H19NS2.Mg.2H/c1-3-5-7-10-9(11)12-8-6-4-2;;;/h3-8H2,1-2H3,(H,10,11);;;/q;+2;2*-1. The summed E-state index contributed by atoms with van der Waals surface area (Å²) in [7, 11) is 0.